The maximum absolute atomic E-state index is 12.5. The summed E-state index contributed by atoms with van der Waals surface area (Å²) in [7, 11) is 1.32. The van der Waals surface area contributed by atoms with Gasteiger partial charge >= 0.3 is 5.97 Å². The van der Waals surface area contributed by atoms with Gasteiger partial charge in [-0.2, -0.15) is 0 Å². The molecule has 29 heavy (non-hydrogen) atoms. The van der Waals surface area contributed by atoms with Gasteiger partial charge in [0.1, 0.15) is 0 Å². The lowest BCUT2D eigenvalue weighted by Crippen LogP contribution is -2.30. The number of aromatic nitrogens is 1. The number of carbonyl (C=O) groups excluding carboxylic acids is 2. The minimum atomic E-state index is -0.503. The van der Waals surface area contributed by atoms with Crippen molar-refractivity contribution >= 4 is 23.5 Å². The van der Waals surface area contributed by atoms with Crippen LogP contribution in [-0.2, 0) is 20.7 Å². The van der Waals surface area contributed by atoms with Gasteiger partial charge < -0.3 is 14.5 Å². The smallest absolute Gasteiger partial charge is 0.307 e. The van der Waals surface area contributed by atoms with E-state index >= 15 is 0 Å². The average molecular weight is 413 g/mol. The number of rotatable bonds is 8. The Bertz CT molecular complexity index is 954. The first kappa shape index (κ1) is 20.6. The molecular weight excluding hydrogens is 392 g/mol. The van der Waals surface area contributed by atoms with Gasteiger partial charge in [0.15, 0.2) is 11.7 Å². The van der Waals surface area contributed by atoms with E-state index in [1.54, 1.807) is 30.5 Å². The van der Waals surface area contributed by atoms with Gasteiger partial charge in [-0.15, -0.1) is 0 Å². The second-order valence-corrected chi connectivity index (χ2v) is 6.87. The van der Waals surface area contributed by atoms with Crippen molar-refractivity contribution in [1.29, 1.82) is 0 Å². The molecule has 1 N–H and O–H groups in total. The van der Waals surface area contributed by atoms with E-state index in [0.29, 0.717) is 23.1 Å². The van der Waals surface area contributed by atoms with Gasteiger partial charge in [0.25, 0.3) is 0 Å². The number of amides is 1. The van der Waals surface area contributed by atoms with Gasteiger partial charge in [0.2, 0.25) is 5.91 Å². The SMILES string of the molecule is COC(=O)CC(NC(=O)CCc1ncc(-c2ccccc2)o1)c1ccc(Cl)cc1. The fourth-order valence-electron chi connectivity index (χ4n) is 2.85. The van der Waals surface area contributed by atoms with Crippen LogP contribution in [0.5, 0.6) is 0 Å². The highest BCUT2D eigenvalue weighted by molar-refractivity contribution is 6.30. The van der Waals surface area contributed by atoms with Crippen LogP contribution >= 0.6 is 11.6 Å². The molecule has 0 saturated carbocycles. The molecule has 0 aliphatic rings. The summed E-state index contributed by atoms with van der Waals surface area (Å²) in [4.78, 5) is 28.4. The third kappa shape index (κ3) is 5.93. The van der Waals surface area contributed by atoms with Crippen LogP contribution in [0, 0.1) is 0 Å². The summed E-state index contributed by atoms with van der Waals surface area (Å²) in [5.41, 5.74) is 1.70. The van der Waals surface area contributed by atoms with Crippen molar-refractivity contribution in [2.75, 3.05) is 7.11 Å². The number of ether oxygens (including phenoxy) is 1. The van der Waals surface area contributed by atoms with Crippen molar-refractivity contribution in [3.05, 3.63) is 77.3 Å². The molecule has 1 aromatic heterocycles. The zero-order valence-corrected chi connectivity index (χ0v) is 16.7. The minimum Gasteiger partial charge on any atom is -0.469 e. The van der Waals surface area contributed by atoms with E-state index < -0.39 is 12.0 Å². The number of aryl methyl sites for hydroxylation is 1. The van der Waals surface area contributed by atoms with Crippen LogP contribution in [0.15, 0.2) is 65.2 Å². The maximum Gasteiger partial charge on any atom is 0.307 e. The lowest BCUT2D eigenvalue weighted by molar-refractivity contribution is -0.141. The number of methoxy groups -OCH3 is 1. The van der Waals surface area contributed by atoms with Crippen LogP contribution in [0.25, 0.3) is 11.3 Å². The molecule has 0 aliphatic carbocycles. The van der Waals surface area contributed by atoms with Crippen LogP contribution in [0.3, 0.4) is 0 Å². The first-order valence-corrected chi connectivity index (χ1v) is 9.54. The quantitative estimate of drug-likeness (QED) is 0.556. The van der Waals surface area contributed by atoms with E-state index in [-0.39, 0.29) is 18.7 Å². The molecular formula is C22H21ClN2O4. The normalized spacial score (nSPS) is 11.7. The lowest BCUT2D eigenvalue weighted by Gasteiger charge is -2.18. The third-order valence-corrected chi connectivity index (χ3v) is 4.64. The molecule has 7 heteroatoms. The number of oxazole rings is 1. The molecule has 1 amide bonds. The number of esters is 1. The molecule has 3 aromatic rings. The van der Waals surface area contributed by atoms with Crippen molar-refractivity contribution in [3.8, 4) is 11.3 Å². The van der Waals surface area contributed by atoms with E-state index in [2.05, 4.69) is 10.3 Å². The van der Waals surface area contributed by atoms with Crippen LogP contribution in [0.1, 0.15) is 30.3 Å². The second kappa shape index (κ2) is 9.89. The third-order valence-electron chi connectivity index (χ3n) is 4.38. The number of nitrogens with zero attached hydrogens (tertiary/aromatic N) is 1. The van der Waals surface area contributed by atoms with E-state index in [0.717, 1.165) is 11.1 Å². The first-order chi connectivity index (χ1) is 14.0. The fraction of sp³-hybridized carbons (Fsp3) is 0.227. The first-order valence-electron chi connectivity index (χ1n) is 9.17. The largest absolute Gasteiger partial charge is 0.469 e. The Morgan fingerprint density at radius 2 is 1.86 bits per heavy atom. The van der Waals surface area contributed by atoms with Gasteiger partial charge in [0.05, 0.1) is 25.8 Å². The van der Waals surface area contributed by atoms with Crippen molar-refractivity contribution in [3.63, 3.8) is 0 Å². The Morgan fingerprint density at radius 1 is 1.14 bits per heavy atom. The molecule has 2 aromatic carbocycles. The molecule has 1 heterocycles. The monoisotopic (exact) mass is 412 g/mol. The van der Waals surface area contributed by atoms with Crippen molar-refractivity contribution in [1.82, 2.24) is 10.3 Å². The molecule has 6 nitrogen and oxygen atoms in total. The van der Waals surface area contributed by atoms with Crippen LogP contribution in [0.2, 0.25) is 5.02 Å². The standard InChI is InChI=1S/C22H21ClN2O4/c1-28-22(27)13-18(15-7-9-17(23)10-8-15)25-20(26)11-12-21-24-14-19(29-21)16-5-3-2-4-6-16/h2-10,14,18H,11-13H2,1H3,(H,25,26). The summed E-state index contributed by atoms with van der Waals surface area (Å²) in [5.74, 6) is 0.513. The Labute approximate surface area is 173 Å². The molecule has 0 fully saturated rings. The molecule has 1 atom stereocenters. The summed E-state index contributed by atoms with van der Waals surface area (Å²) in [6.07, 6.45) is 2.21. The molecule has 0 spiro atoms. The molecule has 0 bridgehead atoms. The predicted octanol–water partition coefficient (Wildman–Crippen LogP) is 4.35. The van der Waals surface area contributed by atoms with Crippen LogP contribution in [-0.4, -0.2) is 24.0 Å². The summed E-state index contributed by atoms with van der Waals surface area (Å²) in [6.45, 7) is 0. The van der Waals surface area contributed by atoms with Gasteiger partial charge in [-0.1, -0.05) is 54.1 Å². The zero-order chi connectivity index (χ0) is 20.6. The Balaban J connectivity index is 1.60. The van der Waals surface area contributed by atoms with Gasteiger partial charge in [-0.3, -0.25) is 9.59 Å². The number of halogens is 1. The second-order valence-electron chi connectivity index (χ2n) is 6.44. The molecule has 3 rings (SSSR count). The Hall–Kier alpha value is -3.12. The van der Waals surface area contributed by atoms with E-state index in [9.17, 15) is 9.59 Å². The number of carbonyl (C=O) groups is 2. The van der Waals surface area contributed by atoms with E-state index in [1.807, 2.05) is 30.3 Å². The van der Waals surface area contributed by atoms with E-state index in [4.69, 9.17) is 20.8 Å². The Morgan fingerprint density at radius 3 is 2.55 bits per heavy atom. The Kier molecular flexibility index (Phi) is 7.03. The van der Waals surface area contributed by atoms with Crippen LogP contribution < -0.4 is 5.32 Å². The lowest BCUT2D eigenvalue weighted by atomic mass is 10.0. The molecule has 0 aliphatic heterocycles. The van der Waals surface area contributed by atoms with Crippen molar-refractivity contribution in [2.24, 2.45) is 0 Å². The highest BCUT2D eigenvalue weighted by Crippen LogP contribution is 2.22. The van der Waals surface area contributed by atoms with Gasteiger partial charge in [-0.25, -0.2) is 4.98 Å². The topological polar surface area (TPSA) is 81.4 Å². The van der Waals surface area contributed by atoms with Crippen LogP contribution in [0.4, 0.5) is 0 Å². The molecule has 0 radical (unpaired) electrons. The zero-order valence-electron chi connectivity index (χ0n) is 15.9. The van der Waals surface area contributed by atoms with Gasteiger partial charge in [0, 0.05) is 23.4 Å². The number of hydrogen-bond acceptors (Lipinski definition) is 5. The highest BCUT2D eigenvalue weighted by atomic mass is 35.5. The number of nitrogens with one attached hydrogen (secondary N) is 1. The number of benzene rings is 2. The average Bonchev–Trinajstić information content (AvgIpc) is 3.22. The van der Waals surface area contributed by atoms with Crippen molar-refractivity contribution < 1.29 is 18.7 Å². The summed E-state index contributed by atoms with van der Waals surface area (Å²) in [6, 6.07) is 16.1. The molecule has 0 saturated heterocycles. The maximum atomic E-state index is 12.5. The summed E-state index contributed by atoms with van der Waals surface area (Å²) < 4.78 is 10.5. The highest BCUT2D eigenvalue weighted by Gasteiger charge is 2.19. The minimum absolute atomic E-state index is 0.0288. The predicted molar refractivity (Wildman–Crippen MR) is 109 cm³/mol. The summed E-state index contributed by atoms with van der Waals surface area (Å²) >= 11 is 5.92. The van der Waals surface area contributed by atoms with Crippen molar-refractivity contribution in [2.45, 2.75) is 25.3 Å². The van der Waals surface area contributed by atoms with Gasteiger partial charge in [-0.05, 0) is 17.7 Å². The number of hydrogen-bond donors (Lipinski definition) is 1. The van der Waals surface area contributed by atoms with E-state index in [1.165, 1.54) is 7.11 Å². The fourth-order valence-corrected chi connectivity index (χ4v) is 2.97. The molecule has 1 unspecified atom stereocenters. The molecule has 150 valence electrons. The summed E-state index contributed by atoms with van der Waals surface area (Å²) in [5, 5.41) is 3.45.